The van der Waals surface area contributed by atoms with Gasteiger partial charge in [0.15, 0.2) is 19.7 Å². The van der Waals surface area contributed by atoms with Crippen LogP contribution in [0.5, 0.6) is 0 Å². The van der Waals surface area contributed by atoms with Crippen molar-refractivity contribution in [1.82, 2.24) is 5.32 Å². The van der Waals surface area contributed by atoms with Gasteiger partial charge in [-0.1, -0.05) is 18.2 Å². The highest BCUT2D eigenvalue weighted by molar-refractivity contribution is 7.92. The number of hydrogen-bond donors (Lipinski definition) is 1. The zero-order valence-electron chi connectivity index (χ0n) is 23.7. The molecule has 5 atom stereocenters. The van der Waals surface area contributed by atoms with Gasteiger partial charge in [0.25, 0.3) is 0 Å². The number of halogens is 8. The minimum atomic E-state index is -6.44. The molecule has 46 heavy (non-hydrogen) atoms. The summed E-state index contributed by atoms with van der Waals surface area (Å²) in [5.74, 6) is -6.22. The van der Waals surface area contributed by atoms with Crippen LogP contribution in [0.1, 0.15) is 36.0 Å². The van der Waals surface area contributed by atoms with Crippen LogP contribution in [0, 0.1) is 29.5 Å². The van der Waals surface area contributed by atoms with E-state index < -0.39 is 88.3 Å². The summed E-state index contributed by atoms with van der Waals surface area (Å²) >= 11 is 0. The molecule has 2 fully saturated rings. The number of aryl methyl sites for hydroxylation is 1. The number of rotatable bonds is 7. The number of nitrogens with one attached hydrogen (secondary N) is 1. The van der Waals surface area contributed by atoms with Gasteiger partial charge in [-0.25, -0.2) is 25.6 Å². The van der Waals surface area contributed by atoms with Gasteiger partial charge in [0.2, 0.25) is 5.91 Å². The molecule has 2 unspecified atom stereocenters. The first-order chi connectivity index (χ1) is 21.2. The maximum Gasteiger partial charge on any atom is 0.435 e. The number of hydrogen-bond acceptors (Lipinski definition) is 6. The number of aldehydes is 1. The zero-order chi connectivity index (χ0) is 34.1. The smallest absolute Gasteiger partial charge is 0.356 e. The van der Waals surface area contributed by atoms with Crippen molar-refractivity contribution in [2.45, 2.75) is 53.3 Å². The second-order valence-electron chi connectivity index (χ2n) is 12.0. The summed E-state index contributed by atoms with van der Waals surface area (Å²) in [6, 6.07) is 4.48. The molecule has 1 amide bonds. The van der Waals surface area contributed by atoms with Crippen molar-refractivity contribution in [2.24, 2.45) is 23.7 Å². The van der Waals surface area contributed by atoms with Gasteiger partial charge in [0, 0.05) is 23.9 Å². The Bertz CT molecular complexity index is 1740. The highest BCUT2D eigenvalue weighted by Crippen LogP contribution is 2.62. The average Bonchev–Trinajstić information content (AvgIpc) is 3.51. The molecule has 2 aromatic rings. The van der Waals surface area contributed by atoms with Gasteiger partial charge in [-0.15, -0.1) is 0 Å². The van der Waals surface area contributed by atoms with Gasteiger partial charge >= 0.3 is 18.0 Å². The second kappa shape index (κ2) is 11.3. The second-order valence-corrected chi connectivity index (χ2v) is 16.4. The molecular weight excluding hydrogens is 674 g/mol. The molecule has 252 valence electrons. The lowest BCUT2D eigenvalue weighted by Gasteiger charge is -2.44. The monoisotopic (exact) mass is 701 g/mol. The lowest BCUT2D eigenvalue weighted by Crippen LogP contribution is -2.52. The van der Waals surface area contributed by atoms with Gasteiger partial charge in [0.1, 0.15) is 16.9 Å². The molecule has 0 bridgehead atoms. The van der Waals surface area contributed by atoms with Crippen molar-refractivity contribution in [3.05, 3.63) is 65.0 Å². The number of amides is 1. The van der Waals surface area contributed by atoms with Crippen molar-refractivity contribution in [3.63, 3.8) is 0 Å². The fourth-order valence-electron chi connectivity index (χ4n) is 7.40. The van der Waals surface area contributed by atoms with Crippen LogP contribution in [0.4, 0.5) is 35.1 Å². The molecule has 2 aliphatic carbocycles. The van der Waals surface area contributed by atoms with Gasteiger partial charge in [-0.05, 0) is 72.9 Å². The van der Waals surface area contributed by atoms with E-state index >= 15 is 4.39 Å². The summed E-state index contributed by atoms with van der Waals surface area (Å²) in [5, 5.41) is 2.62. The zero-order valence-corrected chi connectivity index (χ0v) is 25.3. The predicted octanol–water partition coefficient (Wildman–Crippen LogP) is 4.73. The van der Waals surface area contributed by atoms with Gasteiger partial charge < -0.3 is 10.1 Å². The Kier molecular flexibility index (Phi) is 8.39. The Labute approximate surface area is 258 Å². The summed E-state index contributed by atoms with van der Waals surface area (Å²) in [4.78, 5) is 25.6. The van der Waals surface area contributed by atoms with Crippen molar-refractivity contribution in [1.29, 1.82) is 0 Å². The normalized spacial score (nSPS) is 27.9. The van der Waals surface area contributed by atoms with E-state index in [1.54, 1.807) is 0 Å². The van der Waals surface area contributed by atoms with Crippen molar-refractivity contribution in [3.8, 4) is 0 Å². The Morgan fingerprint density at radius 1 is 0.978 bits per heavy atom. The quantitative estimate of drug-likeness (QED) is 0.254. The number of sulfone groups is 2. The van der Waals surface area contributed by atoms with E-state index in [1.807, 2.05) is 0 Å². The largest absolute Gasteiger partial charge is 0.435 e. The first-order valence-corrected chi connectivity index (χ1v) is 17.4. The molecular formula is C29H27F8NO6S2. The molecule has 1 saturated heterocycles. The molecule has 17 heteroatoms. The summed E-state index contributed by atoms with van der Waals surface area (Å²) in [6.45, 7) is -0.0713. The van der Waals surface area contributed by atoms with E-state index in [4.69, 9.17) is 0 Å². The van der Waals surface area contributed by atoms with Gasteiger partial charge in [-0.3, -0.25) is 4.79 Å². The Morgan fingerprint density at radius 3 is 2.15 bits per heavy atom. The minimum absolute atomic E-state index is 0.0713. The van der Waals surface area contributed by atoms with Crippen LogP contribution in [0.25, 0.3) is 0 Å². The first kappa shape index (κ1) is 34.3. The van der Waals surface area contributed by atoms with Gasteiger partial charge in [-0.2, -0.15) is 26.3 Å². The topological polar surface area (TPSA) is 114 Å². The van der Waals surface area contributed by atoms with Crippen LogP contribution >= 0.6 is 0 Å². The Morgan fingerprint density at radius 2 is 1.61 bits per heavy atom. The number of carbonyl (C=O) groups excluding carboxylic acids is 2. The standard InChI is InChI=1S/C29H27F8NO6S2/c30-20-3-5-21(6-4-20)46(43,44)26-19(14-39)12-22(25(40)38-13-16-9-10-45(41,42)15-16)24(26)7-1-17-11-18(2-8-23(17)26)27(31,28(32,33)34)29(35,36)37/h2-6,8,11,14,16,19,22,24H,1,7,9-10,12-13,15H2,(H,38,40)/t16?,19?,22-,24+,26+/m1/s1. The summed E-state index contributed by atoms with van der Waals surface area (Å²) in [5.41, 5.74) is -8.39. The van der Waals surface area contributed by atoms with Crippen LogP contribution in [-0.4, -0.2) is 59.4 Å². The molecule has 1 N–H and O–H groups in total. The number of benzene rings is 2. The Balaban J connectivity index is 1.66. The van der Waals surface area contributed by atoms with Gasteiger partial charge in [0.05, 0.1) is 16.4 Å². The van der Waals surface area contributed by atoms with Crippen LogP contribution in [0.2, 0.25) is 0 Å². The summed E-state index contributed by atoms with van der Waals surface area (Å²) < 4.78 is 161. The van der Waals surface area contributed by atoms with E-state index in [0.29, 0.717) is 12.1 Å². The van der Waals surface area contributed by atoms with E-state index in [1.165, 1.54) is 0 Å². The maximum atomic E-state index is 15.0. The highest BCUT2D eigenvalue weighted by Gasteiger charge is 2.74. The molecule has 0 aromatic heterocycles. The van der Waals surface area contributed by atoms with Crippen LogP contribution in [0.3, 0.4) is 0 Å². The fourth-order valence-corrected chi connectivity index (χ4v) is 11.9. The Hall–Kier alpha value is -3.08. The number of carbonyl (C=O) groups is 2. The SMILES string of the molecule is O=CC1C[C@@H](C(=O)NCC2CCS(=O)(=O)C2)[C@@H]2CCc3cc(C(F)(C(F)(F)F)C(F)(F)F)ccc3[C@@]12S(=O)(=O)c1ccc(F)cc1. The molecule has 1 saturated carbocycles. The third-order valence-electron chi connectivity index (χ3n) is 9.49. The molecule has 1 heterocycles. The average molecular weight is 702 g/mol. The van der Waals surface area contributed by atoms with E-state index in [9.17, 15) is 57.2 Å². The molecule has 3 aliphatic rings. The van der Waals surface area contributed by atoms with Crippen LogP contribution < -0.4 is 5.32 Å². The number of fused-ring (bicyclic) bond motifs is 3. The van der Waals surface area contributed by atoms with E-state index in [2.05, 4.69) is 5.32 Å². The molecule has 1 aliphatic heterocycles. The third kappa shape index (κ3) is 5.21. The van der Waals surface area contributed by atoms with Crippen molar-refractivity contribution in [2.75, 3.05) is 18.1 Å². The molecule has 2 aromatic carbocycles. The number of alkyl halides is 7. The molecule has 5 rings (SSSR count). The predicted molar refractivity (Wildman–Crippen MR) is 146 cm³/mol. The lowest BCUT2D eigenvalue weighted by molar-refractivity contribution is -0.348. The fraction of sp³-hybridized carbons (Fsp3) is 0.517. The highest BCUT2D eigenvalue weighted by atomic mass is 32.2. The summed E-state index contributed by atoms with van der Waals surface area (Å²) in [6.07, 6.45) is -13.4. The lowest BCUT2D eigenvalue weighted by atomic mass is 9.70. The van der Waals surface area contributed by atoms with Crippen LogP contribution in [-0.2, 0) is 46.1 Å². The van der Waals surface area contributed by atoms with Crippen molar-refractivity contribution < 1.29 is 61.5 Å². The maximum absolute atomic E-state index is 15.0. The van der Waals surface area contributed by atoms with E-state index in [-0.39, 0.29) is 67.2 Å². The van der Waals surface area contributed by atoms with E-state index in [0.717, 1.165) is 24.3 Å². The first-order valence-electron chi connectivity index (χ1n) is 14.1. The molecule has 0 spiro atoms. The third-order valence-corrected chi connectivity index (χ3v) is 13.9. The van der Waals surface area contributed by atoms with Crippen molar-refractivity contribution >= 4 is 31.9 Å². The van der Waals surface area contributed by atoms with Crippen LogP contribution in [0.15, 0.2) is 47.4 Å². The minimum Gasteiger partial charge on any atom is -0.356 e. The molecule has 7 nitrogen and oxygen atoms in total. The summed E-state index contributed by atoms with van der Waals surface area (Å²) in [7, 11) is -8.16. The molecule has 0 radical (unpaired) electrons.